The molecule has 0 aliphatic heterocycles. The Bertz CT molecular complexity index is 3150. The van der Waals surface area contributed by atoms with Crippen LogP contribution in [-0.2, 0) is 6.54 Å². The predicted molar refractivity (Wildman–Crippen MR) is 238 cm³/mol. The van der Waals surface area contributed by atoms with E-state index in [9.17, 15) is 0 Å². The largest absolute Gasteiger partial charge is 0.452 e. The Labute approximate surface area is 332 Å². The Balaban J connectivity index is 1.11. The summed E-state index contributed by atoms with van der Waals surface area (Å²) in [6.07, 6.45) is 0. The molecule has 0 aliphatic rings. The van der Waals surface area contributed by atoms with Crippen molar-refractivity contribution in [2.75, 3.05) is 0 Å². The maximum absolute atomic E-state index is 6.45. The number of aromatic nitrogens is 2. The van der Waals surface area contributed by atoms with E-state index in [0.717, 1.165) is 81.3 Å². The fraction of sp³-hybridized carbons (Fsp3) is 0.0200. The summed E-state index contributed by atoms with van der Waals surface area (Å²) in [5.74, 6) is 1.75. The monoisotopic (exact) mass is 751 g/mol. The van der Waals surface area contributed by atoms with Gasteiger partial charge in [-0.25, -0.2) is 20.0 Å². The van der Waals surface area contributed by atoms with E-state index in [-0.39, 0.29) is 0 Å². The first-order valence-corrected chi connectivity index (χ1v) is 19.5. The third-order valence-corrected chi connectivity index (χ3v) is 11.2. The topological polar surface area (TPSA) is 76.0 Å². The molecule has 10 rings (SSSR count). The summed E-state index contributed by atoms with van der Waals surface area (Å²) in [5.41, 5.74) is 10.1. The molecule has 6 nitrogen and oxygen atoms in total. The van der Waals surface area contributed by atoms with Crippen LogP contribution in [0.4, 0.5) is 0 Å². The molecule has 270 valence electrons. The number of nitrogens with zero attached hydrogens (tertiary/aromatic N) is 5. The number of amidine groups is 2. The minimum Gasteiger partial charge on any atom is -0.452 e. The number of hydrogen-bond acceptors (Lipinski definition) is 5. The maximum atomic E-state index is 6.45. The van der Waals surface area contributed by atoms with Crippen LogP contribution in [0.15, 0.2) is 195 Å². The highest BCUT2D eigenvalue weighted by Gasteiger charge is 2.20. The Morgan fingerprint density at radius 2 is 1.26 bits per heavy atom. The summed E-state index contributed by atoms with van der Waals surface area (Å²) in [6.45, 7) is 4.34. The predicted octanol–water partition coefficient (Wildman–Crippen LogP) is 12.8. The first-order valence-electron chi connectivity index (χ1n) is 18.7. The average Bonchev–Trinajstić information content (AvgIpc) is 3.85. The summed E-state index contributed by atoms with van der Waals surface area (Å²) in [4.78, 5) is 24.9. The Morgan fingerprint density at radius 3 is 2.05 bits per heavy atom. The quantitative estimate of drug-likeness (QED) is 0.120. The maximum Gasteiger partial charge on any atom is 0.180 e. The number of para-hydroxylation sites is 1. The smallest absolute Gasteiger partial charge is 0.180 e. The minimum absolute atomic E-state index is 0.474. The molecule has 0 N–H and O–H groups in total. The lowest BCUT2D eigenvalue weighted by atomic mass is 10.0. The summed E-state index contributed by atoms with van der Waals surface area (Å²) >= 11 is 1.73. The van der Waals surface area contributed by atoms with Gasteiger partial charge in [0.05, 0.1) is 6.54 Å². The zero-order valence-corrected chi connectivity index (χ0v) is 31.5. The Morgan fingerprint density at radius 1 is 0.579 bits per heavy atom. The zero-order chi connectivity index (χ0) is 38.1. The average molecular weight is 752 g/mol. The van der Waals surface area contributed by atoms with Gasteiger partial charge in [-0.1, -0.05) is 152 Å². The number of fused-ring (bicyclic) bond motifs is 6. The van der Waals surface area contributed by atoms with Crippen molar-refractivity contribution < 1.29 is 4.42 Å². The fourth-order valence-corrected chi connectivity index (χ4v) is 8.50. The molecule has 0 atom stereocenters. The second-order valence-electron chi connectivity index (χ2n) is 13.7. The lowest BCUT2D eigenvalue weighted by Crippen LogP contribution is -2.06. The van der Waals surface area contributed by atoms with Gasteiger partial charge in [0.25, 0.3) is 0 Å². The fourth-order valence-electron chi connectivity index (χ4n) is 7.33. The van der Waals surface area contributed by atoms with Crippen LogP contribution in [0.1, 0.15) is 16.7 Å². The van der Waals surface area contributed by atoms with E-state index < -0.39 is 0 Å². The minimum atomic E-state index is 0.474. The van der Waals surface area contributed by atoms with Gasteiger partial charge < -0.3 is 4.42 Å². The van der Waals surface area contributed by atoms with Gasteiger partial charge in [0.15, 0.2) is 23.1 Å². The van der Waals surface area contributed by atoms with Crippen LogP contribution in [0.2, 0.25) is 0 Å². The lowest BCUT2D eigenvalue weighted by Gasteiger charge is -2.09. The molecule has 10 aromatic rings. The summed E-state index contributed by atoms with van der Waals surface area (Å²) in [5, 5.41) is 3.15. The molecule has 7 aromatic carbocycles. The molecular weight excluding hydrogens is 719 g/mol. The highest BCUT2D eigenvalue weighted by Crippen LogP contribution is 2.40. The molecule has 0 radical (unpaired) electrons. The third kappa shape index (κ3) is 6.50. The zero-order valence-electron chi connectivity index (χ0n) is 30.7. The normalized spacial score (nSPS) is 12.2. The summed E-state index contributed by atoms with van der Waals surface area (Å²) < 4.78 is 8.69. The van der Waals surface area contributed by atoms with Gasteiger partial charge in [-0.2, -0.15) is 0 Å². The van der Waals surface area contributed by atoms with Crippen molar-refractivity contribution in [1.82, 2.24) is 9.97 Å². The molecule has 0 saturated heterocycles. The SMILES string of the molecule is C=NC(=NC(=NCc1ccccc1)c1cccc2sc3cc(-c4nc(-c5ccc(-c6ccccc6)cc5)c5oc6ccccc6c5n4)ccc3c12)c1ccccc1. The molecule has 0 aliphatic carbocycles. The van der Waals surface area contributed by atoms with Gasteiger partial charge >= 0.3 is 0 Å². The number of aliphatic imine (C=N–C) groups is 3. The van der Waals surface area contributed by atoms with Crippen molar-refractivity contribution in [2.45, 2.75) is 6.54 Å². The van der Waals surface area contributed by atoms with Crippen molar-refractivity contribution in [3.05, 3.63) is 193 Å². The first kappa shape index (κ1) is 34.2. The number of hydrogen-bond donors (Lipinski definition) is 0. The van der Waals surface area contributed by atoms with Gasteiger partial charge in [0.1, 0.15) is 16.8 Å². The van der Waals surface area contributed by atoms with E-state index in [1.807, 2.05) is 72.8 Å². The van der Waals surface area contributed by atoms with Crippen LogP contribution >= 0.6 is 11.3 Å². The van der Waals surface area contributed by atoms with E-state index in [4.69, 9.17) is 24.4 Å². The van der Waals surface area contributed by atoms with Crippen molar-refractivity contribution in [3.8, 4) is 33.8 Å². The molecule has 0 bridgehead atoms. The third-order valence-electron chi connectivity index (χ3n) is 10.1. The molecule has 3 heterocycles. The van der Waals surface area contributed by atoms with Gasteiger partial charge in [0, 0.05) is 47.8 Å². The highest BCUT2D eigenvalue weighted by atomic mass is 32.1. The molecule has 0 saturated carbocycles. The summed E-state index contributed by atoms with van der Waals surface area (Å²) in [6, 6.07) is 59.8. The molecule has 0 amide bonds. The van der Waals surface area contributed by atoms with E-state index in [1.165, 1.54) is 0 Å². The van der Waals surface area contributed by atoms with E-state index in [0.29, 0.717) is 29.6 Å². The summed E-state index contributed by atoms with van der Waals surface area (Å²) in [7, 11) is 0. The molecule has 7 heteroatoms. The van der Waals surface area contributed by atoms with E-state index in [1.54, 1.807) is 11.3 Å². The van der Waals surface area contributed by atoms with Crippen molar-refractivity contribution >= 4 is 72.0 Å². The Kier molecular flexibility index (Phi) is 8.82. The van der Waals surface area contributed by atoms with Crippen molar-refractivity contribution in [2.24, 2.45) is 15.0 Å². The van der Waals surface area contributed by atoms with Crippen LogP contribution in [0.3, 0.4) is 0 Å². The number of furan rings is 1. The molecule has 0 spiro atoms. The molecule has 3 aromatic heterocycles. The Hall–Kier alpha value is -7.35. The molecule has 0 fully saturated rings. The van der Waals surface area contributed by atoms with Gasteiger partial charge in [-0.3, -0.25) is 4.99 Å². The van der Waals surface area contributed by atoms with Crippen LogP contribution in [0, 0.1) is 0 Å². The van der Waals surface area contributed by atoms with Gasteiger partial charge in [-0.15, -0.1) is 11.3 Å². The molecular formula is C50H33N5OS. The van der Waals surface area contributed by atoms with Gasteiger partial charge in [0.2, 0.25) is 0 Å². The van der Waals surface area contributed by atoms with Crippen LogP contribution in [0.5, 0.6) is 0 Å². The number of rotatable bonds is 7. The highest BCUT2D eigenvalue weighted by molar-refractivity contribution is 7.26. The van der Waals surface area contributed by atoms with Crippen LogP contribution in [0.25, 0.3) is 76.0 Å². The standard InChI is InChI=1S/C50H33N5OS/c1-51-48(36-18-9-4-10-19-36)55-50(52-31-32-14-5-2-6-15-32)40-21-13-23-42-44(40)39-29-28-37(30-43(39)57-42)49-53-45(47-46(54-49)38-20-11-12-22-41(38)56-47)35-26-24-34(25-27-35)33-16-7-3-8-17-33/h2-30H,1,31H2. The van der Waals surface area contributed by atoms with Crippen LogP contribution in [-0.4, -0.2) is 28.4 Å². The number of thiophene rings is 1. The van der Waals surface area contributed by atoms with Crippen LogP contribution < -0.4 is 0 Å². The van der Waals surface area contributed by atoms with E-state index >= 15 is 0 Å². The second kappa shape index (κ2) is 14.7. The first-order chi connectivity index (χ1) is 28.2. The molecule has 0 unspecified atom stereocenters. The molecule has 57 heavy (non-hydrogen) atoms. The van der Waals surface area contributed by atoms with Gasteiger partial charge in [-0.05, 0) is 47.7 Å². The van der Waals surface area contributed by atoms with Crippen molar-refractivity contribution in [3.63, 3.8) is 0 Å². The number of benzene rings is 7. The second-order valence-corrected chi connectivity index (χ2v) is 14.8. The van der Waals surface area contributed by atoms with E-state index in [2.05, 4.69) is 115 Å². The lowest BCUT2D eigenvalue weighted by molar-refractivity contribution is 0.667. The van der Waals surface area contributed by atoms with Crippen molar-refractivity contribution in [1.29, 1.82) is 0 Å².